The highest BCUT2D eigenvalue weighted by Crippen LogP contribution is 2.37. The Morgan fingerprint density at radius 1 is 1.27 bits per heavy atom. The van der Waals surface area contributed by atoms with Crippen molar-refractivity contribution in [1.29, 1.82) is 0 Å². The van der Waals surface area contributed by atoms with Crippen LogP contribution in [-0.4, -0.2) is 40.6 Å². The van der Waals surface area contributed by atoms with Gasteiger partial charge in [-0.05, 0) is 74.2 Å². The maximum absolute atomic E-state index is 13.4. The topological polar surface area (TPSA) is 102 Å². The van der Waals surface area contributed by atoms with Gasteiger partial charge in [0.2, 0.25) is 10.0 Å². The van der Waals surface area contributed by atoms with E-state index in [2.05, 4.69) is 5.10 Å². The second kappa shape index (κ2) is 8.95. The fourth-order valence-electron chi connectivity index (χ4n) is 4.10. The molecule has 0 fully saturated rings. The molecule has 2 aromatic carbocycles. The van der Waals surface area contributed by atoms with Crippen molar-refractivity contribution in [2.75, 3.05) is 7.05 Å². The van der Waals surface area contributed by atoms with Crippen molar-refractivity contribution in [2.24, 2.45) is 0 Å². The van der Waals surface area contributed by atoms with Crippen LogP contribution in [0.4, 0.5) is 4.39 Å². The summed E-state index contributed by atoms with van der Waals surface area (Å²) in [7, 11) is -2.31. The summed E-state index contributed by atoms with van der Waals surface area (Å²) in [4.78, 5) is 11.2. The second-order valence-electron chi connectivity index (χ2n) is 8.01. The van der Waals surface area contributed by atoms with Crippen molar-refractivity contribution in [3.8, 4) is 11.5 Å². The quantitative estimate of drug-likeness (QED) is 0.558. The number of aromatic nitrogens is 2. The molecule has 174 valence electrons. The zero-order chi connectivity index (χ0) is 23.8. The Kier molecular flexibility index (Phi) is 6.22. The molecule has 1 heterocycles. The van der Waals surface area contributed by atoms with E-state index in [1.807, 2.05) is 0 Å². The molecule has 0 aliphatic heterocycles. The summed E-state index contributed by atoms with van der Waals surface area (Å²) in [6, 6.07) is 9.74. The van der Waals surface area contributed by atoms with E-state index in [1.54, 1.807) is 25.3 Å². The van der Waals surface area contributed by atoms with E-state index in [0.29, 0.717) is 29.9 Å². The summed E-state index contributed by atoms with van der Waals surface area (Å²) in [5.41, 5.74) is 2.11. The van der Waals surface area contributed by atoms with Crippen LogP contribution in [0.15, 0.2) is 53.6 Å². The van der Waals surface area contributed by atoms with Crippen molar-refractivity contribution in [3.05, 3.63) is 71.3 Å². The van der Waals surface area contributed by atoms with Crippen LogP contribution in [0.5, 0.6) is 11.5 Å². The van der Waals surface area contributed by atoms with Gasteiger partial charge >= 0.3 is 5.97 Å². The number of carboxylic acids is 1. The number of rotatable bonds is 7. The molecule has 10 heteroatoms. The lowest BCUT2D eigenvalue weighted by Gasteiger charge is -2.31. The van der Waals surface area contributed by atoms with Crippen LogP contribution in [0, 0.1) is 12.7 Å². The van der Waals surface area contributed by atoms with Crippen molar-refractivity contribution in [3.63, 3.8) is 0 Å². The first-order valence-corrected chi connectivity index (χ1v) is 11.9. The second-order valence-corrected chi connectivity index (χ2v) is 10.0. The molecule has 3 aromatic rings. The van der Waals surface area contributed by atoms with E-state index in [1.165, 1.54) is 46.4 Å². The number of benzene rings is 2. The number of carbonyl (C=O) groups is 1. The molecule has 8 nitrogen and oxygen atoms in total. The number of sulfonamides is 1. The summed E-state index contributed by atoms with van der Waals surface area (Å²) >= 11 is 0. The predicted octanol–water partition coefficient (Wildman–Crippen LogP) is 3.91. The van der Waals surface area contributed by atoms with Gasteiger partial charge in [-0.3, -0.25) is 9.48 Å². The van der Waals surface area contributed by atoms with Gasteiger partial charge in [0, 0.05) is 18.3 Å². The van der Waals surface area contributed by atoms with Crippen LogP contribution in [0.1, 0.15) is 35.7 Å². The van der Waals surface area contributed by atoms with Gasteiger partial charge in [0.05, 0.1) is 17.1 Å². The molecule has 0 bridgehead atoms. The Morgan fingerprint density at radius 3 is 2.67 bits per heavy atom. The molecule has 33 heavy (non-hydrogen) atoms. The molecule has 1 aromatic heterocycles. The smallest absolute Gasteiger partial charge is 0.325 e. The van der Waals surface area contributed by atoms with Crippen LogP contribution in [0.25, 0.3) is 0 Å². The first-order chi connectivity index (χ1) is 15.7. The zero-order valence-electron chi connectivity index (χ0n) is 18.2. The van der Waals surface area contributed by atoms with Gasteiger partial charge in [0.1, 0.15) is 23.9 Å². The van der Waals surface area contributed by atoms with Gasteiger partial charge in [0.25, 0.3) is 0 Å². The minimum absolute atomic E-state index is 0.124. The van der Waals surface area contributed by atoms with E-state index in [-0.39, 0.29) is 17.3 Å². The van der Waals surface area contributed by atoms with Crippen molar-refractivity contribution in [2.45, 2.75) is 43.7 Å². The van der Waals surface area contributed by atoms with Crippen LogP contribution >= 0.6 is 0 Å². The van der Waals surface area contributed by atoms with Crippen LogP contribution in [0.2, 0.25) is 0 Å². The number of ether oxygens (including phenoxy) is 1. The molecule has 1 aliphatic rings. The van der Waals surface area contributed by atoms with Crippen molar-refractivity contribution < 1.29 is 27.4 Å². The first kappa shape index (κ1) is 22.9. The highest BCUT2D eigenvalue weighted by atomic mass is 32.2. The third-order valence-corrected chi connectivity index (χ3v) is 7.68. The maximum Gasteiger partial charge on any atom is 0.325 e. The SMILES string of the molecule is Cc1cc(S(=O)(=O)N(C)[C@@H]2CCCc3c2cnn3CC(=O)O)ccc1Oc1ccc(F)cc1. The number of carboxylic acid groups (broad SMARTS) is 1. The standard InChI is InChI=1S/C23H24FN3O5S/c1-15-12-18(10-11-22(15)32-17-8-6-16(24)7-9-17)33(30,31)26(2)20-4-3-5-21-19(20)13-25-27(21)14-23(28)29/h6-13,20H,3-5,14H2,1-2H3,(H,28,29)/t20-/m1/s1. The first-order valence-electron chi connectivity index (χ1n) is 10.5. The Bertz CT molecular complexity index is 1290. The van der Waals surface area contributed by atoms with Gasteiger partial charge in [-0.25, -0.2) is 12.8 Å². The van der Waals surface area contributed by atoms with E-state index in [4.69, 9.17) is 9.84 Å². The van der Waals surface area contributed by atoms with Gasteiger partial charge in [-0.2, -0.15) is 9.40 Å². The molecule has 0 radical (unpaired) electrons. The molecule has 0 saturated heterocycles. The molecule has 0 saturated carbocycles. The number of hydrogen-bond donors (Lipinski definition) is 1. The Hall–Kier alpha value is -3.24. The van der Waals surface area contributed by atoms with Gasteiger partial charge in [-0.15, -0.1) is 0 Å². The molecule has 0 unspecified atom stereocenters. The van der Waals surface area contributed by atoms with Gasteiger partial charge in [0.15, 0.2) is 0 Å². The highest BCUT2D eigenvalue weighted by Gasteiger charge is 2.34. The number of halogens is 1. The minimum atomic E-state index is -3.84. The van der Waals surface area contributed by atoms with E-state index < -0.39 is 22.0 Å². The van der Waals surface area contributed by atoms with E-state index >= 15 is 0 Å². The average molecular weight is 474 g/mol. The highest BCUT2D eigenvalue weighted by molar-refractivity contribution is 7.89. The zero-order valence-corrected chi connectivity index (χ0v) is 19.0. The normalized spacial score (nSPS) is 15.9. The van der Waals surface area contributed by atoms with Crippen LogP contribution in [-0.2, 0) is 27.8 Å². The number of nitrogens with zero attached hydrogens (tertiary/aromatic N) is 3. The van der Waals surface area contributed by atoms with Crippen LogP contribution < -0.4 is 4.74 Å². The van der Waals surface area contributed by atoms with Gasteiger partial charge in [-0.1, -0.05) is 0 Å². The Morgan fingerprint density at radius 2 is 2.00 bits per heavy atom. The summed E-state index contributed by atoms with van der Waals surface area (Å²) in [5.74, 6) is -0.455. The largest absolute Gasteiger partial charge is 0.480 e. The number of hydrogen-bond acceptors (Lipinski definition) is 5. The number of fused-ring (bicyclic) bond motifs is 1. The Balaban J connectivity index is 1.58. The van der Waals surface area contributed by atoms with Crippen LogP contribution in [0.3, 0.4) is 0 Å². The molecule has 1 atom stereocenters. The van der Waals surface area contributed by atoms with E-state index in [9.17, 15) is 17.6 Å². The fraction of sp³-hybridized carbons (Fsp3) is 0.304. The Labute approximate surface area is 191 Å². The number of aliphatic carboxylic acids is 1. The molecule has 4 rings (SSSR count). The summed E-state index contributed by atoms with van der Waals surface area (Å²) < 4.78 is 48.4. The molecular weight excluding hydrogens is 449 g/mol. The van der Waals surface area contributed by atoms with Gasteiger partial charge < -0.3 is 9.84 Å². The maximum atomic E-state index is 13.4. The monoisotopic (exact) mass is 473 g/mol. The summed E-state index contributed by atoms with van der Waals surface area (Å²) in [5, 5.41) is 13.3. The number of aryl methyl sites for hydroxylation is 1. The lowest BCUT2D eigenvalue weighted by Crippen LogP contribution is -2.33. The molecule has 0 spiro atoms. The minimum Gasteiger partial charge on any atom is -0.480 e. The lowest BCUT2D eigenvalue weighted by atomic mass is 9.93. The average Bonchev–Trinajstić information content (AvgIpc) is 3.18. The van der Waals surface area contributed by atoms with E-state index in [0.717, 1.165) is 17.7 Å². The molecule has 1 N–H and O–H groups in total. The molecule has 1 aliphatic carbocycles. The lowest BCUT2D eigenvalue weighted by molar-refractivity contribution is -0.137. The summed E-state index contributed by atoms with van der Waals surface area (Å²) in [6.45, 7) is 1.49. The molecular formula is C23H24FN3O5S. The van der Waals surface area contributed by atoms with Crippen molar-refractivity contribution in [1.82, 2.24) is 14.1 Å². The third-order valence-electron chi connectivity index (χ3n) is 5.82. The molecule has 0 amide bonds. The summed E-state index contributed by atoms with van der Waals surface area (Å²) in [6.07, 6.45) is 3.57. The van der Waals surface area contributed by atoms with Crippen molar-refractivity contribution >= 4 is 16.0 Å². The third kappa shape index (κ3) is 4.62. The predicted molar refractivity (Wildman–Crippen MR) is 118 cm³/mol. The fourth-order valence-corrected chi connectivity index (χ4v) is 5.55.